The molecule has 1 amide bonds. The number of fused-ring (bicyclic) bond motifs is 1. The third-order valence-corrected chi connectivity index (χ3v) is 6.61. The van der Waals surface area contributed by atoms with Gasteiger partial charge in [0.15, 0.2) is 0 Å². The summed E-state index contributed by atoms with van der Waals surface area (Å²) in [5.74, 6) is -0.203. The fraction of sp³-hybridized carbons (Fsp3) is 0.348. The number of carbonyl (C=O) groups is 1. The molecule has 0 radical (unpaired) electrons. The molecule has 2 N–H and O–H groups in total. The third kappa shape index (κ3) is 5.54. The first-order valence-corrected chi connectivity index (χ1v) is 11.4. The molecule has 0 saturated carbocycles. The van der Waals surface area contributed by atoms with Crippen molar-refractivity contribution in [1.29, 1.82) is 0 Å². The molecule has 1 saturated heterocycles. The minimum atomic E-state index is -0.189. The quantitative estimate of drug-likeness (QED) is 0.495. The fourth-order valence-electron chi connectivity index (χ4n) is 3.97. The summed E-state index contributed by atoms with van der Waals surface area (Å²) in [6.07, 6.45) is 2.23. The van der Waals surface area contributed by atoms with Gasteiger partial charge in [0.2, 0.25) is 5.91 Å². The van der Waals surface area contributed by atoms with Crippen LogP contribution in [0, 0.1) is 0 Å². The number of H-pyrrole nitrogens is 1. The van der Waals surface area contributed by atoms with Crippen molar-refractivity contribution in [2.24, 2.45) is 0 Å². The molecule has 0 bridgehead atoms. The Kier molecular flexibility index (Phi) is 7.41. The predicted molar refractivity (Wildman–Crippen MR) is 126 cm³/mol. The molecular weight excluding hydrogens is 457 g/mol. The van der Waals surface area contributed by atoms with E-state index in [1.165, 1.54) is 0 Å². The van der Waals surface area contributed by atoms with Crippen LogP contribution in [0.4, 0.5) is 0 Å². The summed E-state index contributed by atoms with van der Waals surface area (Å²) in [6.45, 7) is 4.71. The van der Waals surface area contributed by atoms with Gasteiger partial charge in [-0.25, -0.2) is 0 Å². The fourth-order valence-corrected chi connectivity index (χ4v) is 4.45. The summed E-state index contributed by atoms with van der Waals surface area (Å²) in [5.41, 5.74) is 2.90. The number of nitrogens with one attached hydrogen (secondary N) is 2. The summed E-state index contributed by atoms with van der Waals surface area (Å²) in [7, 11) is 0. The predicted octanol–water partition coefficient (Wildman–Crippen LogP) is 5.10. The van der Waals surface area contributed by atoms with Gasteiger partial charge < -0.3 is 15.0 Å². The van der Waals surface area contributed by atoms with Crippen molar-refractivity contribution in [3.05, 3.63) is 68.8 Å². The molecule has 5 nitrogen and oxygen atoms in total. The highest BCUT2D eigenvalue weighted by Gasteiger charge is 2.22. The van der Waals surface area contributed by atoms with E-state index in [9.17, 15) is 4.79 Å². The zero-order valence-electron chi connectivity index (χ0n) is 17.0. The first-order valence-electron chi connectivity index (χ1n) is 10.3. The number of hydrogen-bond acceptors (Lipinski definition) is 3. The number of morpholine rings is 1. The average Bonchev–Trinajstić information content (AvgIpc) is 3.17. The van der Waals surface area contributed by atoms with Crippen molar-refractivity contribution in [1.82, 2.24) is 15.2 Å². The molecule has 0 aliphatic carbocycles. The van der Waals surface area contributed by atoms with Crippen molar-refractivity contribution >= 4 is 51.6 Å². The minimum Gasteiger partial charge on any atom is -0.379 e. The zero-order valence-corrected chi connectivity index (χ0v) is 19.2. The summed E-state index contributed by atoms with van der Waals surface area (Å²) in [4.78, 5) is 18.4. The van der Waals surface area contributed by atoms with Crippen LogP contribution in [0.15, 0.2) is 42.6 Å². The van der Waals surface area contributed by atoms with Crippen LogP contribution in [0.3, 0.4) is 0 Å². The van der Waals surface area contributed by atoms with Gasteiger partial charge in [-0.15, -0.1) is 0 Å². The molecule has 1 fully saturated rings. The molecule has 1 atom stereocenters. The lowest BCUT2D eigenvalue weighted by atomic mass is 9.88. The van der Waals surface area contributed by atoms with E-state index >= 15 is 0 Å². The number of amides is 1. The molecule has 1 aliphatic rings. The van der Waals surface area contributed by atoms with Gasteiger partial charge >= 0.3 is 0 Å². The Labute approximate surface area is 196 Å². The van der Waals surface area contributed by atoms with E-state index < -0.39 is 0 Å². The molecule has 1 unspecified atom stereocenters. The van der Waals surface area contributed by atoms with Gasteiger partial charge in [-0.2, -0.15) is 0 Å². The second-order valence-corrected chi connectivity index (χ2v) is 8.92. The summed E-state index contributed by atoms with van der Waals surface area (Å²) in [5, 5.41) is 5.66. The van der Waals surface area contributed by atoms with E-state index in [1.807, 2.05) is 36.5 Å². The Hall–Kier alpha value is -1.76. The Bertz CT molecular complexity index is 1060. The van der Waals surface area contributed by atoms with E-state index in [1.54, 1.807) is 6.07 Å². The maximum absolute atomic E-state index is 12.9. The highest BCUT2D eigenvalue weighted by atomic mass is 35.5. The molecule has 31 heavy (non-hydrogen) atoms. The minimum absolute atomic E-state index is 0.0132. The second-order valence-electron chi connectivity index (χ2n) is 7.67. The summed E-state index contributed by atoms with van der Waals surface area (Å²) < 4.78 is 5.37. The number of rotatable bonds is 7. The highest BCUT2D eigenvalue weighted by Crippen LogP contribution is 2.36. The van der Waals surface area contributed by atoms with E-state index in [0.717, 1.165) is 54.9 Å². The van der Waals surface area contributed by atoms with Crippen LogP contribution < -0.4 is 5.32 Å². The Balaban J connectivity index is 1.54. The number of nitrogens with zero attached hydrogens (tertiary/aromatic N) is 1. The van der Waals surface area contributed by atoms with E-state index in [4.69, 9.17) is 39.5 Å². The smallest absolute Gasteiger partial charge is 0.220 e. The van der Waals surface area contributed by atoms with Crippen LogP contribution in [0.1, 0.15) is 23.5 Å². The van der Waals surface area contributed by atoms with Crippen molar-refractivity contribution in [2.75, 3.05) is 39.4 Å². The Morgan fingerprint density at radius 2 is 1.90 bits per heavy atom. The SMILES string of the molecule is O=C(CC(c1ccc(Cl)c(Cl)c1)c1c[nH]c2ccc(Cl)cc12)NCCN1CCOCC1. The number of aromatic nitrogens is 1. The van der Waals surface area contributed by atoms with Gasteiger partial charge in [-0.05, 0) is 41.5 Å². The van der Waals surface area contributed by atoms with E-state index in [2.05, 4.69) is 15.2 Å². The standard InChI is InChI=1S/C23H24Cl3N3O2/c24-16-2-4-22-18(12-16)19(14-28-22)17(15-1-3-20(25)21(26)11-15)13-23(30)27-5-6-29-7-9-31-10-8-29/h1-4,11-12,14,17,28H,5-10,13H2,(H,27,30). The first kappa shape index (κ1) is 22.4. The van der Waals surface area contributed by atoms with Gasteiger partial charge in [0.1, 0.15) is 0 Å². The lowest BCUT2D eigenvalue weighted by molar-refractivity contribution is -0.121. The summed E-state index contributed by atoms with van der Waals surface area (Å²) in [6, 6.07) is 11.2. The number of halogens is 3. The number of aromatic amines is 1. The van der Waals surface area contributed by atoms with Gasteiger partial charge in [-0.3, -0.25) is 9.69 Å². The molecule has 2 heterocycles. The normalized spacial score (nSPS) is 15.8. The van der Waals surface area contributed by atoms with E-state index in [-0.39, 0.29) is 11.8 Å². The zero-order chi connectivity index (χ0) is 21.8. The highest BCUT2D eigenvalue weighted by molar-refractivity contribution is 6.42. The molecule has 0 spiro atoms. The second kappa shape index (κ2) is 10.2. The van der Waals surface area contributed by atoms with Crippen molar-refractivity contribution in [3.63, 3.8) is 0 Å². The van der Waals surface area contributed by atoms with Crippen LogP contribution in [0.5, 0.6) is 0 Å². The van der Waals surface area contributed by atoms with Gasteiger partial charge in [0.25, 0.3) is 0 Å². The average molecular weight is 481 g/mol. The van der Waals surface area contributed by atoms with Gasteiger partial charge in [-0.1, -0.05) is 40.9 Å². The summed E-state index contributed by atoms with van der Waals surface area (Å²) >= 11 is 18.7. The van der Waals surface area contributed by atoms with Crippen LogP contribution in [-0.4, -0.2) is 55.2 Å². The van der Waals surface area contributed by atoms with Crippen LogP contribution >= 0.6 is 34.8 Å². The van der Waals surface area contributed by atoms with Crippen LogP contribution in [-0.2, 0) is 9.53 Å². The molecule has 1 aromatic heterocycles. The van der Waals surface area contributed by atoms with Gasteiger partial charge in [0, 0.05) is 60.6 Å². The van der Waals surface area contributed by atoms with E-state index in [0.29, 0.717) is 28.0 Å². The molecule has 8 heteroatoms. The molecule has 1 aliphatic heterocycles. The lowest BCUT2D eigenvalue weighted by Gasteiger charge is -2.26. The number of hydrogen-bond donors (Lipinski definition) is 2. The van der Waals surface area contributed by atoms with Crippen LogP contribution in [0.25, 0.3) is 10.9 Å². The first-order chi connectivity index (χ1) is 15.0. The van der Waals surface area contributed by atoms with Crippen molar-refractivity contribution in [2.45, 2.75) is 12.3 Å². The number of carbonyl (C=O) groups excluding carboxylic acids is 1. The lowest BCUT2D eigenvalue weighted by Crippen LogP contribution is -2.41. The Morgan fingerprint density at radius 1 is 1.10 bits per heavy atom. The molecule has 3 aromatic rings. The van der Waals surface area contributed by atoms with Crippen molar-refractivity contribution in [3.8, 4) is 0 Å². The maximum atomic E-state index is 12.9. The largest absolute Gasteiger partial charge is 0.379 e. The maximum Gasteiger partial charge on any atom is 0.220 e. The molecular formula is C23H24Cl3N3O2. The molecule has 164 valence electrons. The van der Waals surface area contributed by atoms with Crippen LogP contribution in [0.2, 0.25) is 15.1 Å². The number of benzene rings is 2. The molecule has 2 aromatic carbocycles. The van der Waals surface area contributed by atoms with Crippen molar-refractivity contribution < 1.29 is 9.53 Å². The third-order valence-electron chi connectivity index (χ3n) is 5.64. The van der Waals surface area contributed by atoms with Gasteiger partial charge in [0.05, 0.1) is 23.3 Å². The Morgan fingerprint density at radius 3 is 2.68 bits per heavy atom. The monoisotopic (exact) mass is 479 g/mol. The number of ether oxygens (including phenoxy) is 1. The topological polar surface area (TPSA) is 57.4 Å². The molecule has 4 rings (SSSR count).